The van der Waals surface area contributed by atoms with E-state index in [0.717, 1.165) is 0 Å². The summed E-state index contributed by atoms with van der Waals surface area (Å²) in [6, 6.07) is 12.1. The van der Waals surface area contributed by atoms with E-state index in [2.05, 4.69) is 27.3 Å². The SMILES string of the molecule is COc1cc(Nc2cccc(Br)c2C#N)ccc1C(=O)O. The number of nitrogens with zero attached hydrogens (tertiary/aromatic N) is 1. The summed E-state index contributed by atoms with van der Waals surface area (Å²) < 4.78 is 5.75. The molecule has 0 aliphatic rings. The number of nitriles is 1. The molecule has 0 aliphatic carbocycles. The Morgan fingerprint density at radius 2 is 2.14 bits per heavy atom. The van der Waals surface area contributed by atoms with Crippen LogP contribution in [0.3, 0.4) is 0 Å². The van der Waals surface area contributed by atoms with Crippen molar-refractivity contribution in [3.05, 3.63) is 52.0 Å². The Kier molecular flexibility index (Phi) is 4.45. The first kappa shape index (κ1) is 14.9. The zero-order valence-electron chi connectivity index (χ0n) is 11.1. The van der Waals surface area contributed by atoms with E-state index in [9.17, 15) is 10.1 Å². The Labute approximate surface area is 129 Å². The maximum Gasteiger partial charge on any atom is 0.339 e. The molecule has 2 aromatic rings. The van der Waals surface area contributed by atoms with Crippen LogP contribution in [-0.2, 0) is 0 Å². The maximum atomic E-state index is 11.0. The van der Waals surface area contributed by atoms with Crippen molar-refractivity contribution < 1.29 is 14.6 Å². The minimum Gasteiger partial charge on any atom is -0.496 e. The highest BCUT2D eigenvalue weighted by molar-refractivity contribution is 9.10. The fraction of sp³-hybridized carbons (Fsp3) is 0.0667. The summed E-state index contributed by atoms with van der Waals surface area (Å²) in [5.41, 5.74) is 1.81. The van der Waals surface area contributed by atoms with Crippen molar-refractivity contribution in [2.45, 2.75) is 0 Å². The number of nitrogens with one attached hydrogen (secondary N) is 1. The van der Waals surface area contributed by atoms with Crippen molar-refractivity contribution in [2.75, 3.05) is 12.4 Å². The van der Waals surface area contributed by atoms with E-state index in [4.69, 9.17) is 9.84 Å². The van der Waals surface area contributed by atoms with Gasteiger partial charge in [-0.2, -0.15) is 5.26 Å². The predicted molar refractivity (Wildman–Crippen MR) is 82.1 cm³/mol. The van der Waals surface area contributed by atoms with Crippen molar-refractivity contribution in [2.24, 2.45) is 0 Å². The van der Waals surface area contributed by atoms with Crippen LogP contribution in [0.25, 0.3) is 0 Å². The lowest BCUT2D eigenvalue weighted by molar-refractivity contribution is 0.0693. The van der Waals surface area contributed by atoms with E-state index < -0.39 is 5.97 Å². The summed E-state index contributed by atoms with van der Waals surface area (Å²) >= 11 is 3.31. The standard InChI is InChI=1S/C15H11BrN2O3/c1-21-14-7-9(5-6-10(14)15(19)20)18-13-4-2-3-12(16)11(13)8-17/h2-7,18H,1H3,(H,19,20). The number of ether oxygens (including phenoxy) is 1. The number of carboxylic acid groups (broad SMARTS) is 1. The van der Waals surface area contributed by atoms with Crippen LogP contribution < -0.4 is 10.1 Å². The van der Waals surface area contributed by atoms with Crippen LogP contribution in [0.4, 0.5) is 11.4 Å². The second kappa shape index (κ2) is 6.29. The molecule has 2 rings (SSSR count). The van der Waals surface area contributed by atoms with Crippen LogP contribution in [-0.4, -0.2) is 18.2 Å². The van der Waals surface area contributed by atoms with Gasteiger partial charge in [0, 0.05) is 16.2 Å². The van der Waals surface area contributed by atoms with Gasteiger partial charge in [0.15, 0.2) is 0 Å². The number of benzene rings is 2. The first-order valence-corrected chi connectivity index (χ1v) is 6.73. The highest BCUT2D eigenvalue weighted by atomic mass is 79.9. The molecule has 0 unspecified atom stereocenters. The third-order valence-electron chi connectivity index (χ3n) is 2.84. The van der Waals surface area contributed by atoms with Crippen molar-refractivity contribution in [1.82, 2.24) is 0 Å². The molecule has 0 aromatic heterocycles. The molecule has 0 saturated carbocycles. The molecule has 0 bridgehead atoms. The van der Waals surface area contributed by atoms with E-state index in [0.29, 0.717) is 21.4 Å². The molecular weight excluding hydrogens is 336 g/mol. The second-order valence-electron chi connectivity index (χ2n) is 4.12. The number of anilines is 2. The Bertz CT molecular complexity index is 738. The van der Waals surface area contributed by atoms with Crippen LogP contribution in [0.1, 0.15) is 15.9 Å². The number of hydrogen-bond donors (Lipinski definition) is 2. The van der Waals surface area contributed by atoms with Gasteiger partial charge in [-0.05, 0) is 40.2 Å². The molecule has 2 aromatic carbocycles. The Morgan fingerprint density at radius 3 is 2.76 bits per heavy atom. The summed E-state index contributed by atoms with van der Waals surface area (Å²) in [7, 11) is 1.41. The lowest BCUT2D eigenvalue weighted by atomic mass is 10.1. The number of methoxy groups -OCH3 is 1. The van der Waals surface area contributed by atoms with Crippen LogP contribution >= 0.6 is 15.9 Å². The summed E-state index contributed by atoms with van der Waals surface area (Å²) in [5, 5.41) is 21.3. The topological polar surface area (TPSA) is 82.3 Å². The van der Waals surface area contributed by atoms with E-state index in [1.165, 1.54) is 13.2 Å². The molecule has 0 heterocycles. The maximum absolute atomic E-state index is 11.0. The third kappa shape index (κ3) is 3.15. The van der Waals surface area contributed by atoms with E-state index in [1.54, 1.807) is 30.3 Å². The van der Waals surface area contributed by atoms with Gasteiger partial charge in [-0.25, -0.2) is 4.79 Å². The van der Waals surface area contributed by atoms with E-state index >= 15 is 0 Å². The van der Waals surface area contributed by atoms with Gasteiger partial charge in [0.1, 0.15) is 17.4 Å². The molecule has 2 N–H and O–H groups in total. The number of aromatic carboxylic acids is 1. The van der Waals surface area contributed by atoms with Crippen LogP contribution in [0.15, 0.2) is 40.9 Å². The van der Waals surface area contributed by atoms with E-state index in [1.807, 2.05) is 0 Å². The van der Waals surface area contributed by atoms with Gasteiger partial charge in [0.2, 0.25) is 0 Å². The van der Waals surface area contributed by atoms with Gasteiger partial charge < -0.3 is 15.2 Å². The summed E-state index contributed by atoms with van der Waals surface area (Å²) in [6.45, 7) is 0. The zero-order valence-corrected chi connectivity index (χ0v) is 12.6. The number of rotatable bonds is 4. The quantitative estimate of drug-likeness (QED) is 0.880. The lowest BCUT2D eigenvalue weighted by Gasteiger charge is -2.12. The minimum atomic E-state index is -1.06. The van der Waals surface area contributed by atoms with Gasteiger partial charge in [0.25, 0.3) is 0 Å². The largest absolute Gasteiger partial charge is 0.496 e. The zero-order chi connectivity index (χ0) is 15.4. The summed E-state index contributed by atoms with van der Waals surface area (Å²) in [5.74, 6) is -0.806. The van der Waals surface area contributed by atoms with Crippen molar-refractivity contribution in [1.29, 1.82) is 5.26 Å². The molecule has 0 amide bonds. The fourth-order valence-electron chi connectivity index (χ4n) is 1.84. The highest BCUT2D eigenvalue weighted by Crippen LogP contribution is 2.29. The normalized spacial score (nSPS) is 9.76. The molecule has 0 radical (unpaired) electrons. The first-order valence-electron chi connectivity index (χ1n) is 5.93. The molecule has 0 atom stereocenters. The Balaban J connectivity index is 2.40. The summed E-state index contributed by atoms with van der Waals surface area (Å²) in [6.07, 6.45) is 0. The first-order chi connectivity index (χ1) is 10.1. The van der Waals surface area contributed by atoms with E-state index in [-0.39, 0.29) is 11.3 Å². The fourth-order valence-corrected chi connectivity index (χ4v) is 2.30. The lowest BCUT2D eigenvalue weighted by Crippen LogP contribution is -2.02. The smallest absolute Gasteiger partial charge is 0.339 e. The van der Waals surface area contributed by atoms with Gasteiger partial charge in [-0.3, -0.25) is 0 Å². The Morgan fingerprint density at radius 1 is 1.38 bits per heavy atom. The third-order valence-corrected chi connectivity index (χ3v) is 3.50. The molecule has 106 valence electrons. The molecule has 21 heavy (non-hydrogen) atoms. The molecule has 0 spiro atoms. The molecule has 6 heteroatoms. The average Bonchev–Trinajstić information content (AvgIpc) is 2.47. The monoisotopic (exact) mass is 346 g/mol. The molecule has 5 nitrogen and oxygen atoms in total. The molecular formula is C15H11BrN2O3. The highest BCUT2D eigenvalue weighted by Gasteiger charge is 2.12. The molecule has 0 aliphatic heterocycles. The second-order valence-corrected chi connectivity index (χ2v) is 4.97. The summed E-state index contributed by atoms with van der Waals surface area (Å²) in [4.78, 5) is 11.0. The predicted octanol–water partition coefficient (Wildman–Crippen LogP) is 3.77. The van der Waals surface area contributed by atoms with Gasteiger partial charge in [-0.1, -0.05) is 6.07 Å². The molecule has 0 fully saturated rings. The van der Waals surface area contributed by atoms with Crippen LogP contribution in [0.5, 0.6) is 5.75 Å². The van der Waals surface area contributed by atoms with Crippen LogP contribution in [0.2, 0.25) is 0 Å². The number of carboxylic acids is 1. The van der Waals surface area contributed by atoms with Gasteiger partial charge in [0.05, 0.1) is 18.4 Å². The number of hydrogen-bond acceptors (Lipinski definition) is 4. The van der Waals surface area contributed by atoms with Gasteiger partial charge >= 0.3 is 5.97 Å². The average molecular weight is 347 g/mol. The van der Waals surface area contributed by atoms with Crippen molar-refractivity contribution >= 4 is 33.3 Å². The van der Waals surface area contributed by atoms with Crippen LogP contribution in [0, 0.1) is 11.3 Å². The number of carbonyl (C=O) groups is 1. The molecule has 0 saturated heterocycles. The van der Waals surface area contributed by atoms with Gasteiger partial charge in [-0.15, -0.1) is 0 Å². The van der Waals surface area contributed by atoms with Crippen molar-refractivity contribution in [3.63, 3.8) is 0 Å². The minimum absolute atomic E-state index is 0.0813. The Hall–Kier alpha value is -2.52. The van der Waals surface area contributed by atoms with Crippen molar-refractivity contribution in [3.8, 4) is 11.8 Å². The number of halogens is 1.